The number of allylic oxidation sites excluding steroid dienone is 2. The van der Waals surface area contributed by atoms with E-state index < -0.39 is 0 Å². The van der Waals surface area contributed by atoms with Crippen LogP contribution < -0.4 is 4.74 Å². The summed E-state index contributed by atoms with van der Waals surface area (Å²) in [6.07, 6.45) is 8.58. The second-order valence-corrected chi connectivity index (χ2v) is 11.0. The molecule has 1 amide bonds. The van der Waals surface area contributed by atoms with Crippen LogP contribution in [-0.4, -0.2) is 41.5 Å². The summed E-state index contributed by atoms with van der Waals surface area (Å²) in [6, 6.07) is 16.6. The Bertz CT molecular complexity index is 1540. The Morgan fingerprint density at radius 2 is 1.95 bits per heavy atom. The Kier molecular flexibility index (Phi) is 10.4. The van der Waals surface area contributed by atoms with Crippen molar-refractivity contribution in [3.05, 3.63) is 104 Å². The summed E-state index contributed by atoms with van der Waals surface area (Å²) < 4.78 is 20.9. The molecule has 2 heterocycles. The van der Waals surface area contributed by atoms with Gasteiger partial charge in [0.1, 0.15) is 5.82 Å². The highest BCUT2D eigenvalue weighted by Gasteiger charge is 2.21. The van der Waals surface area contributed by atoms with Crippen LogP contribution in [0, 0.1) is 9.39 Å². The van der Waals surface area contributed by atoms with Crippen molar-refractivity contribution >= 4 is 62.1 Å². The standard InChI is InChI=1S/C32H32ClFIN3O2/c1-4-23(24-16-15-22(34)19-26(24)33)30(32-31(35)25-11-8-9-12-27(25)37-32)21-14-17-28(36-20-21)40-18-10-6-5-7-13-29(39)38(2)3/h7-9,11-17,19-20,37H,4-6,10,18H2,1-3H3/b13-7+,30-23+. The highest BCUT2D eigenvalue weighted by Crippen LogP contribution is 2.40. The maximum Gasteiger partial charge on any atom is 0.245 e. The number of aromatic amines is 1. The first-order valence-electron chi connectivity index (χ1n) is 13.2. The van der Waals surface area contributed by atoms with Gasteiger partial charge in [0, 0.05) is 52.0 Å². The number of benzene rings is 2. The third kappa shape index (κ3) is 7.12. The summed E-state index contributed by atoms with van der Waals surface area (Å²) in [5.74, 6) is 0.168. The average Bonchev–Trinajstić information content (AvgIpc) is 3.27. The zero-order valence-corrected chi connectivity index (χ0v) is 25.7. The fraction of sp³-hybridized carbons (Fsp3) is 0.250. The van der Waals surface area contributed by atoms with Gasteiger partial charge in [0.2, 0.25) is 11.8 Å². The molecular weight excluding hydrogens is 640 g/mol. The van der Waals surface area contributed by atoms with Crippen molar-refractivity contribution in [2.45, 2.75) is 32.6 Å². The van der Waals surface area contributed by atoms with Crippen LogP contribution in [0.15, 0.2) is 72.9 Å². The summed E-state index contributed by atoms with van der Waals surface area (Å²) in [7, 11) is 3.47. The predicted octanol–water partition coefficient (Wildman–Crippen LogP) is 8.52. The lowest BCUT2D eigenvalue weighted by atomic mass is 9.91. The molecule has 5 nitrogen and oxygen atoms in total. The minimum Gasteiger partial charge on any atom is -0.478 e. The van der Waals surface area contributed by atoms with Crippen LogP contribution in [-0.2, 0) is 4.79 Å². The first kappa shape index (κ1) is 29.8. The van der Waals surface area contributed by atoms with Gasteiger partial charge in [-0.05, 0) is 89.8 Å². The number of carbonyl (C=O) groups excluding carboxylic acids is 1. The fourth-order valence-electron chi connectivity index (χ4n) is 4.47. The average molecular weight is 672 g/mol. The van der Waals surface area contributed by atoms with Crippen LogP contribution in [0.25, 0.3) is 22.0 Å². The van der Waals surface area contributed by atoms with Gasteiger partial charge in [0.25, 0.3) is 0 Å². The highest BCUT2D eigenvalue weighted by molar-refractivity contribution is 14.1. The minimum absolute atomic E-state index is 0.0102. The lowest BCUT2D eigenvalue weighted by molar-refractivity contribution is -0.123. The monoisotopic (exact) mass is 671 g/mol. The summed E-state index contributed by atoms with van der Waals surface area (Å²) in [6.45, 7) is 2.61. The molecule has 0 aliphatic rings. The number of aromatic nitrogens is 2. The number of halogens is 3. The maximum absolute atomic E-state index is 13.9. The molecule has 1 N–H and O–H groups in total. The first-order valence-corrected chi connectivity index (χ1v) is 14.7. The maximum atomic E-state index is 13.9. The van der Waals surface area contributed by atoms with Crippen molar-refractivity contribution in [3.63, 3.8) is 0 Å². The molecule has 208 valence electrons. The summed E-state index contributed by atoms with van der Waals surface area (Å²) in [5.41, 5.74) is 5.66. The van der Waals surface area contributed by atoms with Crippen LogP contribution in [0.1, 0.15) is 49.4 Å². The molecule has 0 atom stereocenters. The Hall–Kier alpha value is -3.17. The first-order chi connectivity index (χ1) is 19.3. The summed E-state index contributed by atoms with van der Waals surface area (Å²) >= 11 is 8.93. The lowest BCUT2D eigenvalue weighted by Crippen LogP contribution is -2.18. The number of nitrogens with one attached hydrogen (secondary N) is 1. The third-order valence-corrected chi connectivity index (χ3v) is 7.98. The van der Waals surface area contributed by atoms with Crippen LogP contribution in [0.3, 0.4) is 0 Å². The number of hydrogen-bond acceptors (Lipinski definition) is 3. The largest absolute Gasteiger partial charge is 0.478 e. The number of unbranched alkanes of at least 4 members (excludes halogenated alkanes) is 2. The van der Waals surface area contributed by atoms with Gasteiger partial charge in [-0.2, -0.15) is 0 Å². The van der Waals surface area contributed by atoms with E-state index in [0.29, 0.717) is 23.9 Å². The van der Waals surface area contributed by atoms with Crippen LogP contribution in [0.2, 0.25) is 5.02 Å². The second-order valence-electron chi connectivity index (χ2n) is 9.56. The summed E-state index contributed by atoms with van der Waals surface area (Å²) in [5, 5.41) is 1.50. The Morgan fingerprint density at radius 3 is 2.62 bits per heavy atom. The number of nitrogens with zero attached hydrogens (tertiary/aromatic N) is 2. The molecule has 2 aromatic carbocycles. The SMILES string of the molecule is CC/C(=C(/c1ccc(OCCCC/C=C/C(=O)N(C)C)nc1)c1[nH]c2ccccc2c1I)c1ccc(F)cc1Cl. The molecule has 2 aromatic heterocycles. The number of H-pyrrole nitrogens is 1. The molecule has 0 saturated carbocycles. The van der Waals surface area contributed by atoms with E-state index in [1.54, 1.807) is 31.1 Å². The molecule has 0 fully saturated rings. The third-order valence-electron chi connectivity index (χ3n) is 6.55. The van der Waals surface area contributed by atoms with Gasteiger partial charge in [-0.3, -0.25) is 4.79 Å². The number of fused-ring (bicyclic) bond motifs is 1. The van der Waals surface area contributed by atoms with Crippen LogP contribution >= 0.6 is 34.2 Å². The highest BCUT2D eigenvalue weighted by atomic mass is 127. The molecule has 0 aliphatic heterocycles. The zero-order valence-electron chi connectivity index (χ0n) is 22.8. The van der Waals surface area contributed by atoms with Gasteiger partial charge in [-0.1, -0.05) is 48.9 Å². The van der Waals surface area contributed by atoms with Gasteiger partial charge in [-0.15, -0.1) is 0 Å². The number of amides is 1. The molecular formula is C32H32ClFIN3O2. The zero-order chi connectivity index (χ0) is 28.6. The van der Waals surface area contributed by atoms with E-state index in [4.69, 9.17) is 16.3 Å². The van der Waals surface area contributed by atoms with E-state index in [-0.39, 0.29) is 11.7 Å². The molecule has 4 aromatic rings. The van der Waals surface area contributed by atoms with E-state index in [2.05, 4.69) is 51.6 Å². The van der Waals surface area contributed by atoms with Gasteiger partial charge in [-0.25, -0.2) is 9.37 Å². The van der Waals surface area contributed by atoms with Gasteiger partial charge in [0.15, 0.2) is 0 Å². The fourth-order valence-corrected chi connectivity index (χ4v) is 5.63. The number of likely N-dealkylation sites (N-methyl/N-ethyl adjacent to an activating group) is 1. The number of pyridine rings is 1. The number of rotatable bonds is 11. The second kappa shape index (κ2) is 13.9. The minimum atomic E-state index is -0.368. The normalized spacial score (nSPS) is 12.2. The Balaban J connectivity index is 1.60. The van der Waals surface area contributed by atoms with Gasteiger partial charge in [0.05, 0.1) is 17.3 Å². The van der Waals surface area contributed by atoms with Crippen molar-refractivity contribution in [2.75, 3.05) is 20.7 Å². The van der Waals surface area contributed by atoms with Crippen molar-refractivity contribution in [1.29, 1.82) is 0 Å². The van der Waals surface area contributed by atoms with Crippen LogP contribution in [0.5, 0.6) is 5.88 Å². The Morgan fingerprint density at radius 1 is 1.15 bits per heavy atom. The molecule has 0 bridgehead atoms. The van der Waals surface area contributed by atoms with E-state index in [1.165, 1.54) is 12.1 Å². The molecule has 0 spiro atoms. The number of para-hydroxylation sites is 1. The quantitative estimate of drug-likeness (QED) is 0.0988. The molecule has 40 heavy (non-hydrogen) atoms. The molecule has 0 aliphatic carbocycles. The molecule has 0 unspecified atom stereocenters. The van der Waals surface area contributed by atoms with Gasteiger partial charge < -0.3 is 14.6 Å². The predicted molar refractivity (Wildman–Crippen MR) is 170 cm³/mol. The molecule has 0 saturated heterocycles. The molecule has 0 radical (unpaired) electrons. The molecule has 8 heteroatoms. The van der Waals surface area contributed by atoms with E-state index in [9.17, 15) is 9.18 Å². The smallest absolute Gasteiger partial charge is 0.245 e. The molecule has 4 rings (SSSR count). The lowest BCUT2D eigenvalue weighted by Gasteiger charge is -2.17. The number of ether oxygens (including phenoxy) is 1. The summed E-state index contributed by atoms with van der Waals surface area (Å²) in [4.78, 5) is 21.3. The van der Waals surface area contributed by atoms with Crippen molar-refractivity contribution in [3.8, 4) is 5.88 Å². The Labute approximate surface area is 253 Å². The van der Waals surface area contributed by atoms with Crippen molar-refractivity contribution in [1.82, 2.24) is 14.9 Å². The van der Waals surface area contributed by atoms with Crippen molar-refractivity contribution in [2.24, 2.45) is 0 Å². The van der Waals surface area contributed by atoms with Crippen molar-refractivity contribution < 1.29 is 13.9 Å². The van der Waals surface area contributed by atoms with Gasteiger partial charge >= 0.3 is 0 Å². The van der Waals surface area contributed by atoms with E-state index in [1.807, 2.05) is 36.5 Å². The van der Waals surface area contributed by atoms with E-state index >= 15 is 0 Å². The van der Waals surface area contributed by atoms with E-state index in [0.717, 1.165) is 61.7 Å². The van der Waals surface area contributed by atoms with Crippen LogP contribution in [0.4, 0.5) is 4.39 Å². The topological polar surface area (TPSA) is 58.2 Å². The number of carbonyl (C=O) groups is 1. The number of hydrogen-bond donors (Lipinski definition) is 1.